The second-order valence-electron chi connectivity index (χ2n) is 7.59. The molecular formula is C24H30O. The lowest BCUT2D eigenvalue weighted by Gasteiger charge is -2.33. The summed E-state index contributed by atoms with van der Waals surface area (Å²) in [6, 6.07) is 15.7. The van der Waals surface area contributed by atoms with E-state index in [1.54, 1.807) is 6.92 Å². The maximum atomic E-state index is 11.6. The van der Waals surface area contributed by atoms with Crippen LogP contribution in [0.15, 0.2) is 42.5 Å². The summed E-state index contributed by atoms with van der Waals surface area (Å²) in [7, 11) is 0. The van der Waals surface area contributed by atoms with Crippen LogP contribution in [0.3, 0.4) is 0 Å². The molecule has 0 radical (unpaired) electrons. The fraction of sp³-hybridized carbons (Fsp3) is 0.458. The zero-order chi connectivity index (χ0) is 17.9. The first kappa shape index (κ1) is 17.9. The molecule has 1 aliphatic rings. The SMILES string of the molecule is CCCCC1(CCCC)c2ccccc2-c2ccc(CC(C)=O)cc21. The molecule has 0 heterocycles. The zero-order valence-corrected chi connectivity index (χ0v) is 15.9. The lowest BCUT2D eigenvalue weighted by Crippen LogP contribution is -2.25. The highest BCUT2D eigenvalue weighted by atomic mass is 16.1. The average Bonchev–Trinajstić information content (AvgIpc) is 2.88. The Morgan fingerprint density at radius 1 is 0.880 bits per heavy atom. The van der Waals surface area contributed by atoms with Crippen molar-refractivity contribution in [1.82, 2.24) is 0 Å². The van der Waals surface area contributed by atoms with Gasteiger partial charge in [-0.25, -0.2) is 0 Å². The summed E-state index contributed by atoms with van der Waals surface area (Å²) in [6.07, 6.45) is 7.88. The summed E-state index contributed by atoms with van der Waals surface area (Å²) in [4.78, 5) is 11.6. The molecule has 0 saturated heterocycles. The van der Waals surface area contributed by atoms with Gasteiger partial charge in [-0.2, -0.15) is 0 Å². The van der Waals surface area contributed by atoms with Crippen LogP contribution in [-0.4, -0.2) is 5.78 Å². The van der Waals surface area contributed by atoms with E-state index in [0.29, 0.717) is 6.42 Å². The van der Waals surface area contributed by atoms with Crippen LogP contribution in [0.5, 0.6) is 0 Å². The van der Waals surface area contributed by atoms with Gasteiger partial charge in [0, 0.05) is 11.8 Å². The first-order chi connectivity index (χ1) is 12.1. The van der Waals surface area contributed by atoms with E-state index < -0.39 is 0 Å². The molecule has 25 heavy (non-hydrogen) atoms. The number of carbonyl (C=O) groups excluding carboxylic acids is 1. The molecule has 0 atom stereocenters. The molecule has 0 amide bonds. The lowest BCUT2D eigenvalue weighted by molar-refractivity contribution is -0.116. The largest absolute Gasteiger partial charge is 0.300 e. The van der Waals surface area contributed by atoms with Crippen molar-refractivity contribution in [2.24, 2.45) is 0 Å². The van der Waals surface area contributed by atoms with Gasteiger partial charge in [-0.15, -0.1) is 0 Å². The second-order valence-corrected chi connectivity index (χ2v) is 7.59. The third-order valence-electron chi connectivity index (χ3n) is 5.70. The van der Waals surface area contributed by atoms with Crippen LogP contribution in [0, 0.1) is 0 Å². The molecule has 0 N–H and O–H groups in total. The van der Waals surface area contributed by atoms with Crippen molar-refractivity contribution in [2.75, 3.05) is 0 Å². The van der Waals surface area contributed by atoms with Gasteiger partial charge in [0.05, 0.1) is 0 Å². The standard InChI is InChI=1S/C24H30O/c1-4-6-14-24(15-7-5-2)22-11-9-8-10-20(22)21-13-12-19(16-18(3)25)17-23(21)24/h8-13,17H,4-7,14-16H2,1-3H3. The predicted octanol–water partition coefficient (Wildman–Crippen LogP) is 6.47. The maximum absolute atomic E-state index is 11.6. The first-order valence-corrected chi connectivity index (χ1v) is 9.85. The Hall–Kier alpha value is -1.89. The molecule has 0 spiro atoms. The third-order valence-corrected chi connectivity index (χ3v) is 5.70. The van der Waals surface area contributed by atoms with E-state index in [1.807, 2.05) is 0 Å². The van der Waals surface area contributed by atoms with Crippen molar-refractivity contribution >= 4 is 5.78 Å². The second kappa shape index (κ2) is 7.56. The summed E-state index contributed by atoms with van der Waals surface area (Å²) in [5.41, 5.74) is 7.05. The van der Waals surface area contributed by atoms with Gasteiger partial charge in [-0.1, -0.05) is 82.0 Å². The molecule has 1 nitrogen and oxygen atoms in total. The van der Waals surface area contributed by atoms with Crippen molar-refractivity contribution in [1.29, 1.82) is 0 Å². The summed E-state index contributed by atoms with van der Waals surface area (Å²) < 4.78 is 0. The maximum Gasteiger partial charge on any atom is 0.134 e. The van der Waals surface area contributed by atoms with Crippen LogP contribution in [0.2, 0.25) is 0 Å². The topological polar surface area (TPSA) is 17.1 Å². The van der Waals surface area contributed by atoms with Gasteiger partial charge in [-0.05, 0) is 47.6 Å². The van der Waals surface area contributed by atoms with Crippen molar-refractivity contribution < 1.29 is 4.79 Å². The Balaban J connectivity index is 2.16. The monoisotopic (exact) mass is 334 g/mol. The van der Waals surface area contributed by atoms with Gasteiger partial charge in [0.2, 0.25) is 0 Å². The quantitative estimate of drug-likeness (QED) is 0.541. The van der Waals surface area contributed by atoms with Crippen LogP contribution in [-0.2, 0) is 16.6 Å². The summed E-state index contributed by atoms with van der Waals surface area (Å²) in [6.45, 7) is 6.24. The van der Waals surface area contributed by atoms with E-state index in [0.717, 1.165) is 5.56 Å². The highest BCUT2D eigenvalue weighted by molar-refractivity contribution is 5.83. The highest BCUT2D eigenvalue weighted by Gasteiger charge is 2.41. The van der Waals surface area contributed by atoms with Gasteiger partial charge in [-0.3, -0.25) is 4.79 Å². The number of carbonyl (C=O) groups is 1. The molecule has 1 aliphatic carbocycles. The van der Waals surface area contributed by atoms with Crippen LogP contribution in [0.1, 0.15) is 76.0 Å². The first-order valence-electron chi connectivity index (χ1n) is 9.85. The Morgan fingerprint density at radius 3 is 2.16 bits per heavy atom. The molecule has 3 rings (SSSR count). The Morgan fingerprint density at radius 2 is 1.52 bits per heavy atom. The van der Waals surface area contributed by atoms with Gasteiger partial charge >= 0.3 is 0 Å². The number of fused-ring (bicyclic) bond motifs is 3. The molecule has 0 fully saturated rings. The number of unbranched alkanes of at least 4 members (excludes halogenated alkanes) is 2. The fourth-order valence-corrected chi connectivity index (χ4v) is 4.52. The minimum Gasteiger partial charge on any atom is -0.300 e. The van der Waals surface area contributed by atoms with Crippen molar-refractivity contribution in [3.63, 3.8) is 0 Å². The number of hydrogen-bond acceptors (Lipinski definition) is 1. The van der Waals surface area contributed by atoms with Crippen LogP contribution in [0.25, 0.3) is 11.1 Å². The molecule has 1 heteroatoms. The minimum atomic E-state index is 0.130. The van der Waals surface area contributed by atoms with E-state index in [4.69, 9.17) is 0 Å². The van der Waals surface area contributed by atoms with Gasteiger partial charge < -0.3 is 0 Å². The number of Topliss-reactive ketones (excluding diaryl/α,β-unsaturated/α-hetero) is 1. The Kier molecular flexibility index (Phi) is 5.42. The van der Waals surface area contributed by atoms with E-state index >= 15 is 0 Å². The molecule has 0 unspecified atom stereocenters. The van der Waals surface area contributed by atoms with Crippen LogP contribution in [0.4, 0.5) is 0 Å². The summed E-state index contributed by atoms with van der Waals surface area (Å²) >= 11 is 0. The lowest BCUT2D eigenvalue weighted by atomic mass is 9.70. The number of rotatable bonds is 8. The van der Waals surface area contributed by atoms with Crippen molar-refractivity contribution in [2.45, 2.75) is 71.1 Å². The molecular weight excluding hydrogens is 304 g/mol. The van der Waals surface area contributed by atoms with Gasteiger partial charge in [0.25, 0.3) is 0 Å². The molecule has 0 saturated carbocycles. The predicted molar refractivity (Wildman–Crippen MR) is 106 cm³/mol. The molecule has 2 aromatic rings. The summed E-state index contributed by atoms with van der Waals surface area (Å²) in [5.74, 6) is 0.239. The molecule has 0 aliphatic heterocycles. The zero-order valence-electron chi connectivity index (χ0n) is 15.9. The molecule has 132 valence electrons. The van der Waals surface area contributed by atoms with Gasteiger partial charge in [0.1, 0.15) is 5.78 Å². The highest BCUT2D eigenvalue weighted by Crippen LogP contribution is 2.54. The number of benzene rings is 2. The third kappa shape index (κ3) is 3.29. The molecule has 2 aromatic carbocycles. The Bertz CT molecular complexity index is 748. The van der Waals surface area contributed by atoms with E-state index in [9.17, 15) is 4.79 Å². The van der Waals surface area contributed by atoms with Crippen LogP contribution < -0.4 is 0 Å². The van der Waals surface area contributed by atoms with E-state index in [1.165, 1.54) is 60.8 Å². The van der Waals surface area contributed by atoms with Crippen molar-refractivity contribution in [3.05, 3.63) is 59.2 Å². The normalized spacial score (nSPS) is 14.2. The van der Waals surface area contributed by atoms with Crippen LogP contribution >= 0.6 is 0 Å². The average molecular weight is 335 g/mol. The van der Waals surface area contributed by atoms with E-state index in [2.05, 4.69) is 56.3 Å². The Labute approximate surface area is 152 Å². The summed E-state index contributed by atoms with van der Waals surface area (Å²) in [5, 5.41) is 0. The van der Waals surface area contributed by atoms with E-state index in [-0.39, 0.29) is 11.2 Å². The van der Waals surface area contributed by atoms with Gasteiger partial charge in [0.15, 0.2) is 0 Å². The minimum absolute atomic E-state index is 0.130. The number of ketones is 1. The van der Waals surface area contributed by atoms with Crippen molar-refractivity contribution in [3.8, 4) is 11.1 Å². The fourth-order valence-electron chi connectivity index (χ4n) is 4.52. The smallest absolute Gasteiger partial charge is 0.134 e. The molecule has 0 aromatic heterocycles. The molecule has 0 bridgehead atoms. The number of hydrogen-bond donors (Lipinski definition) is 0.